The smallest absolute Gasteiger partial charge is 0.262 e. The third-order valence-electron chi connectivity index (χ3n) is 1.59. The summed E-state index contributed by atoms with van der Waals surface area (Å²) in [4.78, 5) is 25.4. The number of nitrogens with zero attached hydrogens (tertiary/aromatic N) is 3. The van der Waals surface area contributed by atoms with E-state index in [-0.39, 0.29) is 16.1 Å². The fraction of sp³-hybridized carbons (Fsp3) is 0. The second-order valence-electron chi connectivity index (χ2n) is 2.54. The van der Waals surface area contributed by atoms with E-state index in [2.05, 4.69) is 25.1 Å². The topological polar surface area (TPSA) is 101 Å². The van der Waals surface area contributed by atoms with Crippen LogP contribution in [0.15, 0.2) is 23.3 Å². The van der Waals surface area contributed by atoms with E-state index in [1.54, 1.807) is 0 Å². The number of hydrogen-bond acceptors (Lipinski definition) is 6. The summed E-state index contributed by atoms with van der Waals surface area (Å²) in [5, 5.41) is 9.49. The van der Waals surface area contributed by atoms with Gasteiger partial charge < -0.3 is 4.98 Å². The summed E-state index contributed by atoms with van der Waals surface area (Å²) >= 11 is 0.935. The number of amides is 1. The average molecular weight is 223 g/mol. The highest BCUT2D eigenvalue weighted by Gasteiger charge is 2.11. The molecule has 0 atom stereocenters. The van der Waals surface area contributed by atoms with Gasteiger partial charge >= 0.3 is 0 Å². The van der Waals surface area contributed by atoms with Gasteiger partial charge in [-0.3, -0.25) is 14.9 Å². The van der Waals surface area contributed by atoms with Crippen LogP contribution in [-0.4, -0.2) is 25.7 Å². The number of H-pyrrole nitrogens is 1. The van der Waals surface area contributed by atoms with Crippen LogP contribution in [-0.2, 0) is 0 Å². The van der Waals surface area contributed by atoms with Crippen molar-refractivity contribution in [1.82, 2.24) is 19.8 Å². The molecule has 0 saturated carbocycles. The summed E-state index contributed by atoms with van der Waals surface area (Å²) in [6, 6.07) is 1.27. The van der Waals surface area contributed by atoms with Crippen LogP contribution in [0.4, 0.5) is 5.13 Å². The number of aromatic amines is 1. The average Bonchev–Trinajstić information content (AvgIpc) is 2.71. The van der Waals surface area contributed by atoms with Gasteiger partial charge in [0.1, 0.15) is 5.56 Å². The maximum atomic E-state index is 11.5. The van der Waals surface area contributed by atoms with E-state index in [0.29, 0.717) is 0 Å². The standard InChI is InChI=1S/C7H5N5O2S/c13-5-1-2-8-3-4(5)6(14)9-7-10-11-12-15-7/h1-3H,(H,8,13)(H,9,10,12,14). The number of carbonyl (C=O) groups is 1. The zero-order valence-electron chi connectivity index (χ0n) is 7.30. The Morgan fingerprint density at radius 1 is 1.53 bits per heavy atom. The maximum absolute atomic E-state index is 11.5. The van der Waals surface area contributed by atoms with Gasteiger partial charge in [-0.1, -0.05) is 9.59 Å². The van der Waals surface area contributed by atoms with Crippen LogP contribution < -0.4 is 10.7 Å². The first kappa shape index (κ1) is 9.46. The molecule has 2 N–H and O–H groups in total. The first-order valence-corrected chi connectivity index (χ1v) is 4.68. The third-order valence-corrected chi connectivity index (χ3v) is 2.10. The summed E-state index contributed by atoms with van der Waals surface area (Å²) < 4.78 is 3.47. The summed E-state index contributed by atoms with van der Waals surface area (Å²) in [5.74, 6) is -0.532. The molecular formula is C7H5N5O2S. The molecule has 2 aromatic heterocycles. The van der Waals surface area contributed by atoms with Crippen molar-refractivity contribution in [3.8, 4) is 0 Å². The fourth-order valence-corrected chi connectivity index (χ4v) is 1.30. The number of hydrogen-bond donors (Lipinski definition) is 2. The number of nitrogens with one attached hydrogen (secondary N) is 2. The first-order valence-electron chi connectivity index (χ1n) is 3.91. The van der Waals surface area contributed by atoms with E-state index < -0.39 is 5.91 Å². The van der Waals surface area contributed by atoms with Crippen LogP contribution in [0, 0.1) is 0 Å². The zero-order valence-corrected chi connectivity index (χ0v) is 8.11. The van der Waals surface area contributed by atoms with Gasteiger partial charge in [0.05, 0.1) is 0 Å². The van der Waals surface area contributed by atoms with Gasteiger partial charge in [0.15, 0.2) is 5.43 Å². The molecule has 15 heavy (non-hydrogen) atoms. The highest BCUT2D eigenvalue weighted by molar-refractivity contribution is 7.09. The van der Waals surface area contributed by atoms with Crippen LogP contribution in [0.5, 0.6) is 0 Å². The Morgan fingerprint density at radius 3 is 3.07 bits per heavy atom. The Bertz CT molecular complexity index is 520. The molecule has 0 aliphatic rings. The van der Waals surface area contributed by atoms with Crippen LogP contribution in [0.25, 0.3) is 0 Å². The number of rotatable bonds is 2. The lowest BCUT2D eigenvalue weighted by molar-refractivity contribution is 0.102. The van der Waals surface area contributed by atoms with Crippen molar-refractivity contribution in [1.29, 1.82) is 0 Å². The molecule has 0 saturated heterocycles. The zero-order chi connectivity index (χ0) is 10.7. The quantitative estimate of drug-likeness (QED) is 0.738. The normalized spacial score (nSPS) is 9.87. The van der Waals surface area contributed by atoms with E-state index in [0.717, 1.165) is 11.5 Å². The lowest BCUT2D eigenvalue weighted by Gasteiger charge is -1.98. The molecule has 0 fully saturated rings. The van der Waals surface area contributed by atoms with E-state index in [9.17, 15) is 9.59 Å². The summed E-state index contributed by atoms with van der Waals surface area (Å²) in [6.45, 7) is 0. The summed E-state index contributed by atoms with van der Waals surface area (Å²) in [7, 11) is 0. The van der Waals surface area contributed by atoms with Gasteiger partial charge in [-0.25, -0.2) is 0 Å². The monoisotopic (exact) mass is 223 g/mol. The lowest BCUT2D eigenvalue weighted by Crippen LogP contribution is -2.20. The molecule has 0 aromatic carbocycles. The van der Waals surface area contributed by atoms with E-state index >= 15 is 0 Å². The lowest BCUT2D eigenvalue weighted by atomic mass is 10.2. The molecule has 0 radical (unpaired) electrons. The van der Waals surface area contributed by atoms with Crippen molar-refractivity contribution < 1.29 is 4.79 Å². The number of anilines is 1. The number of carbonyl (C=O) groups excluding carboxylic acids is 1. The van der Waals surface area contributed by atoms with E-state index in [1.165, 1.54) is 18.5 Å². The Kier molecular flexibility index (Phi) is 2.50. The molecule has 2 heterocycles. The minimum Gasteiger partial charge on any atom is -0.367 e. The van der Waals surface area contributed by atoms with Gasteiger partial charge in [-0.15, -0.1) is 0 Å². The van der Waals surface area contributed by atoms with Crippen molar-refractivity contribution in [2.45, 2.75) is 0 Å². The van der Waals surface area contributed by atoms with Crippen LogP contribution in [0.1, 0.15) is 10.4 Å². The Labute approximate surface area is 87.3 Å². The largest absolute Gasteiger partial charge is 0.367 e. The molecule has 0 bridgehead atoms. The Balaban J connectivity index is 2.23. The third kappa shape index (κ3) is 2.05. The Morgan fingerprint density at radius 2 is 2.40 bits per heavy atom. The van der Waals surface area contributed by atoms with Crippen molar-refractivity contribution in [3.05, 3.63) is 34.2 Å². The number of pyridine rings is 1. The van der Waals surface area contributed by atoms with Gasteiger partial charge in [-0.2, -0.15) is 0 Å². The molecule has 7 nitrogen and oxygen atoms in total. The van der Waals surface area contributed by atoms with Gasteiger partial charge in [0.25, 0.3) is 5.91 Å². The summed E-state index contributed by atoms with van der Waals surface area (Å²) in [5.41, 5.74) is -0.337. The molecular weight excluding hydrogens is 218 g/mol. The van der Waals surface area contributed by atoms with Gasteiger partial charge in [0.2, 0.25) is 5.13 Å². The first-order chi connectivity index (χ1) is 7.27. The molecule has 0 spiro atoms. The fourth-order valence-electron chi connectivity index (χ4n) is 0.940. The summed E-state index contributed by atoms with van der Waals surface area (Å²) in [6.07, 6.45) is 2.78. The highest BCUT2D eigenvalue weighted by Crippen LogP contribution is 2.05. The Hall–Kier alpha value is -2.09. The second kappa shape index (κ2) is 3.96. The number of aromatic nitrogens is 4. The minimum absolute atomic E-state index is 0.0210. The molecule has 76 valence electrons. The molecule has 1 amide bonds. The maximum Gasteiger partial charge on any atom is 0.262 e. The van der Waals surface area contributed by atoms with Crippen molar-refractivity contribution >= 4 is 22.6 Å². The highest BCUT2D eigenvalue weighted by atomic mass is 32.1. The van der Waals surface area contributed by atoms with Gasteiger partial charge in [0, 0.05) is 30.0 Å². The van der Waals surface area contributed by atoms with Crippen molar-refractivity contribution in [3.63, 3.8) is 0 Å². The second-order valence-corrected chi connectivity index (χ2v) is 3.28. The SMILES string of the molecule is O=C(Nc1nnns1)c1c[nH]ccc1=O. The molecule has 0 aliphatic carbocycles. The van der Waals surface area contributed by atoms with E-state index in [1.807, 2.05) is 0 Å². The van der Waals surface area contributed by atoms with E-state index in [4.69, 9.17) is 0 Å². The van der Waals surface area contributed by atoms with Crippen LogP contribution >= 0.6 is 11.5 Å². The predicted molar refractivity (Wildman–Crippen MR) is 52.7 cm³/mol. The molecule has 2 aromatic rings. The molecule has 0 aliphatic heterocycles. The van der Waals surface area contributed by atoms with Crippen molar-refractivity contribution in [2.24, 2.45) is 0 Å². The van der Waals surface area contributed by atoms with Crippen molar-refractivity contribution in [2.75, 3.05) is 5.32 Å². The van der Waals surface area contributed by atoms with Crippen LogP contribution in [0.3, 0.4) is 0 Å². The predicted octanol–water partition coefficient (Wildman–Crippen LogP) is -0.126. The van der Waals surface area contributed by atoms with Crippen LogP contribution in [0.2, 0.25) is 0 Å². The van der Waals surface area contributed by atoms with Gasteiger partial charge in [-0.05, 0) is 5.21 Å². The minimum atomic E-state index is -0.532. The molecule has 0 unspecified atom stereocenters. The molecule has 8 heteroatoms. The molecule has 2 rings (SSSR count).